The summed E-state index contributed by atoms with van der Waals surface area (Å²) < 4.78 is 16.6. The van der Waals surface area contributed by atoms with E-state index in [1.54, 1.807) is 7.11 Å². The average Bonchev–Trinajstić information content (AvgIpc) is 3.09. The fourth-order valence-electron chi connectivity index (χ4n) is 3.01. The predicted molar refractivity (Wildman–Crippen MR) is 91.1 cm³/mol. The van der Waals surface area contributed by atoms with Crippen molar-refractivity contribution < 1.29 is 19.0 Å². The van der Waals surface area contributed by atoms with E-state index in [4.69, 9.17) is 19.0 Å². The van der Waals surface area contributed by atoms with E-state index in [-0.39, 0.29) is 6.61 Å². The zero-order chi connectivity index (χ0) is 16.8. The van der Waals surface area contributed by atoms with Crippen LogP contribution in [0, 0.1) is 5.92 Å². The van der Waals surface area contributed by atoms with Crippen molar-refractivity contribution in [2.45, 2.75) is 26.0 Å². The van der Waals surface area contributed by atoms with Crippen LogP contribution in [-0.2, 0) is 13.2 Å². The summed E-state index contributed by atoms with van der Waals surface area (Å²) in [6, 6.07) is 11.5. The van der Waals surface area contributed by atoms with Crippen molar-refractivity contribution >= 4 is 0 Å². The van der Waals surface area contributed by atoms with Crippen molar-refractivity contribution in [2.75, 3.05) is 26.8 Å². The minimum Gasteiger partial charge on any atom is -0.497 e. The van der Waals surface area contributed by atoms with Gasteiger partial charge >= 0.3 is 0 Å². The monoisotopic (exact) mass is 331 g/mol. The largest absolute Gasteiger partial charge is 0.497 e. The van der Waals surface area contributed by atoms with Crippen LogP contribution in [0.1, 0.15) is 24.4 Å². The Morgan fingerprint density at radius 3 is 2.33 bits per heavy atom. The van der Waals surface area contributed by atoms with Gasteiger partial charge < -0.3 is 19.0 Å². The summed E-state index contributed by atoms with van der Waals surface area (Å²) in [5.74, 6) is 3.89. The molecule has 0 aliphatic carbocycles. The Morgan fingerprint density at radius 2 is 1.71 bits per heavy atom. The Labute approximate surface area is 142 Å². The summed E-state index contributed by atoms with van der Waals surface area (Å²) in [5.41, 5.74) is 0. The lowest BCUT2D eigenvalue weighted by atomic mass is 9.98. The third-order valence-electron chi connectivity index (χ3n) is 4.50. The number of rotatable bonds is 7. The number of ether oxygens (including phenoxy) is 2. The highest BCUT2D eigenvalue weighted by Crippen LogP contribution is 2.22. The molecule has 0 unspecified atom stereocenters. The van der Waals surface area contributed by atoms with Gasteiger partial charge in [-0.1, -0.05) is 0 Å². The number of aliphatic hydroxyl groups excluding tert-OH is 1. The van der Waals surface area contributed by atoms with Crippen LogP contribution in [0.15, 0.2) is 40.8 Å². The second kappa shape index (κ2) is 8.22. The van der Waals surface area contributed by atoms with E-state index in [2.05, 4.69) is 4.90 Å². The molecule has 1 aliphatic rings. The topological polar surface area (TPSA) is 55.1 Å². The van der Waals surface area contributed by atoms with Crippen molar-refractivity contribution in [3.05, 3.63) is 47.9 Å². The molecule has 1 aromatic carbocycles. The number of benzene rings is 1. The molecule has 3 rings (SSSR count). The van der Waals surface area contributed by atoms with Crippen LogP contribution in [-0.4, -0.2) is 36.8 Å². The number of furan rings is 1. The SMILES string of the molecule is COc1ccc(OCC2CCN(Cc3ccc(CO)o3)CC2)cc1. The van der Waals surface area contributed by atoms with E-state index in [9.17, 15) is 0 Å². The van der Waals surface area contributed by atoms with Gasteiger partial charge in [0.25, 0.3) is 0 Å². The summed E-state index contributed by atoms with van der Waals surface area (Å²) in [4.78, 5) is 2.39. The van der Waals surface area contributed by atoms with Crippen LogP contribution < -0.4 is 9.47 Å². The predicted octanol–water partition coefficient (Wildman–Crippen LogP) is 3.07. The lowest BCUT2D eigenvalue weighted by Crippen LogP contribution is -2.35. The Hall–Kier alpha value is -1.98. The van der Waals surface area contributed by atoms with Gasteiger partial charge in [-0.3, -0.25) is 4.90 Å². The summed E-state index contributed by atoms with van der Waals surface area (Å²) >= 11 is 0. The van der Waals surface area contributed by atoms with Gasteiger partial charge in [-0.15, -0.1) is 0 Å². The molecule has 1 aromatic heterocycles. The number of likely N-dealkylation sites (tertiary alicyclic amines) is 1. The maximum absolute atomic E-state index is 9.05. The molecule has 1 N–H and O–H groups in total. The fraction of sp³-hybridized carbons (Fsp3) is 0.474. The first kappa shape index (κ1) is 16.9. The normalized spacial score (nSPS) is 16.2. The minimum absolute atomic E-state index is 0.0369. The lowest BCUT2D eigenvalue weighted by molar-refractivity contribution is 0.129. The average molecular weight is 331 g/mol. The highest BCUT2D eigenvalue weighted by molar-refractivity contribution is 5.31. The molecule has 24 heavy (non-hydrogen) atoms. The Bertz CT molecular complexity index is 615. The molecule has 0 atom stereocenters. The van der Waals surface area contributed by atoms with Gasteiger partial charge in [0.15, 0.2) is 0 Å². The zero-order valence-corrected chi connectivity index (χ0v) is 14.1. The molecule has 0 radical (unpaired) electrons. The second-order valence-corrected chi connectivity index (χ2v) is 6.23. The van der Waals surface area contributed by atoms with Crippen LogP contribution in [0.4, 0.5) is 0 Å². The Balaban J connectivity index is 1.39. The van der Waals surface area contributed by atoms with Crippen LogP contribution >= 0.6 is 0 Å². The standard InChI is InChI=1S/C19H25NO4/c1-22-16-2-4-17(5-3-16)23-14-15-8-10-20(11-9-15)12-18-6-7-19(13-21)24-18/h2-7,15,21H,8-14H2,1H3. The Morgan fingerprint density at radius 1 is 1.04 bits per heavy atom. The first-order valence-electron chi connectivity index (χ1n) is 8.44. The first-order chi connectivity index (χ1) is 11.8. The van der Waals surface area contributed by atoms with E-state index < -0.39 is 0 Å². The molecule has 0 amide bonds. The van der Waals surface area contributed by atoms with Gasteiger partial charge in [0.1, 0.15) is 29.6 Å². The van der Waals surface area contributed by atoms with Crippen LogP contribution in [0.5, 0.6) is 11.5 Å². The first-order valence-corrected chi connectivity index (χ1v) is 8.44. The Kier molecular flexibility index (Phi) is 5.77. The number of hydrogen-bond acceptors (Lipinski definition) is 5. The van der Waals surface area contributed by atoms with Gasteiger partial charge in [-0.05, 0) is 68.2 Å². The van der Waals surface area contributed by atoms with Crippen molar-refractivity contribution in [1.29, 1.82) is 0 Å². The third kappa shape index (κ3) is 4.52. The number of methoxy groups -OCH3 is 1. The van der Waals surface area contributed by atoms with Crippen molar-refractivity contribution in [3.63, 3.8) is 0 Å². The summed E-state index contributed by atoms with van der Waals surface area (Å²) in [5, 5.41) is 9.05. The molecule has 2 heterocycles. The molecule has 130 valence electrons. The molecule has 1 aliphatic heterocycles. The molecule has 5 nitrogen and oxygen atoms in total. The van der Waals surface area contributed by atoms with Gasteiger partial charge in [0.2, 0.25) is 0 Å². The molecule has 1 saturated heterocycles. The summed E-state index contributed by atoms with van der Waals surface area (Å²) in [6.07, 6.45) is 2.26. The van der Waals surface area contributed by atoms with Crippen molar-refractivity contribution in [3.8, 4) is 11.5 Å². The molecule has 0 spiro atoms. The van der Waals surface area contributed by atoms with E-state index in [0.29, 0.717) is 11.7 Å². The second-order valence-electron chi connectivity index (χ2n) is 6.23. The van der Waals surface area contributed by atoms with Gasteiger partial charge in [-0.25, -0.2) is 0 Å². The highest BCUT2D eigenvalue weighted by Gasteiger charge is 2.20. The van der Waals surface area contributed by atoms with Crippen molar-refractivity contribution in [1.82, 2.24) is 4.90 Å². The zero-order valence-electron chi connectivity index (χ0n) is 14.1. The van der Waals surface area contributed by atoms with E-state index >= 15 is 0 Å². The molecule has 0 bridgehead atoms. The number of nitrogens with zero attached hydrogens (tertiary/aromatic N) is 1. The maximum atomic E-state index is 9.05. The van der Waals surface area contributed by atoms with Gasteiger partial charge in [0, 0.05) is 0 Å². The fourth-order valence-corrected chi connectivity index (χ4v) is 3.01. The van der Waals surface area contributed by atoms with Crippen molar-refractivity contribution in [2.24, 2.45) is 5.92 Å². The van der Waals surface area contributed by atoms with Gasteiger partial charge in [-0.2, -0.15) is 0 Å². The third-order valence-corrected chi connectivity index (χ3v) is 4.50. The smallest absolute Gasteiger partial charge is 0.129 e. The maximum Gasteiger partial charge on any atom is 0.129 e. The molecule has 2 aromatic rings. The quantitative estimate of drug-likeness (QED) is 0.845. The lowest BCUT2D eigenvalue weighted by Gasteiger charge is -2.31. The van der Waals surface area contributed by atoms with Crippen LogP contribution in [0.3, 0.4) is 0 Å². The number of piperidine rings is 1. The minimum atomic E-state index is -0.0369. The molecule has 5 heteroatoms. The molecule has 0 saturated carbocycles. The summed E-state index contributed by atoms with van der Waals surface area (Å²) in [7, 11) is 1.66. The van der Waals surface area contributed by atoms with E-state index in [1.807, 2.05) is 36.4 Å². The van der Waals surface area contributed by atoms with E-state index in [0.717, 1.165) is 56.3 Å². The molecular formula is C19H25NO4. The summed E-state index contributed by atoms with van der Waals surface area (Å²) in [6.45, 7) is 3.63. The molecule has 1 fully saturated rings. The molecular weight excluding hydrogens is 306 g/mol. The van der Waals surface area contributed by atoms with E-state index in [1.165, 1.54) is 0 Å². The van der Waals surface area contributed by atoms with Crippen LogP contribution in [0.25, 0.3) is 0 Å². The van der Waals surface area contributed by atoms with Gasteiger partial charge in [0.05, 0.1) is 20.3 Å². The van der Waals surface area contributed by atoms with Crippen LogP contribution in [0.2, 0.25) is 0 Å². The number of hydrogen-bond donors (Lipinski definition) is 1. The highest BCUT2D eigenvalue weighted by atomic mass is 16.5. The number of aliphatic hydroxyl groups is 1.